The van der Waals surface area contributed by atoms with E-state index in [4.69, 9.17) is 9.47 Å². The van der Waals surface area contributed by atoms with Gasteiger partial charge in [0.25, 0.3) is 11.8 Å². The molecule has 2 atom stereocenters. The maximum absolute atomic E-state index is 13.5. The maximum atomic E-state index is 13.5. The normalized spacial score (nSPS) is 22.1. The number of imide groups is 1. The van der Waals surface area contributed by atoms with Gasteiger partial charge in [-0.15, -0.1) is 0 Å². The second-order valence-corrected chi connectivity index (χ2v) is 7.54. The number of carbonyl (C=O) groups is 2. The first kappa shape index (κ1) is 20.1. The lowest BCUT2D eigenvalue weighted by Gasteiger charge is -2.37. The Labute approximate surface area is 174 Å². The summed E-state index contributed by atoms with van der Waals surface area (Å²) in [6, 6.07) is 12.4. The maximum Gasteiger partial charge on any atom is 0.282 e. The zero-order chi connectivity index (χ0) is 21.4. The van der Waals surface area contributed by atoms with Crippen molar-refractivity contribution < 1.29 is 23.5 Å². The molecule has 2 unspecified atom stereocenters. The van der Waals surface area contributed by atoms with Gasteiger partial charge in [-0.05, 0) is 55.8 Å². The van der Waals surface area contributed by atoms with Crippen molar-refractivity contribution in [1.82, 2.24) is 4.90 Å². The molecule has 2 aliphatic rings. The van der Waals surface area contributed by atoms with E-state index in [9.17, 15) is 14.0 Å². The topological polar surface area (TPSA) is 59.1 Å². The molecule has 2 aromatic rings. The number of rotatable bonds is 4. The van der Waals surface area contributed by atoms with E-state index in [0.717, 1.165) is 4.90 Å². The van der Waals surface area contributed by atoms with Gasteiger partial charge in [0.05, 0.1) is 30.6 Å². The molecule has 2 heterocycles. The molecule has 7 heteroatoms. The van der Waals surface area contributed by atoms with Crippen LogP contribution in [0.1, 0.15) is 19.4 Å². The lowest BCUT2D eigenvalue weighted by Crippen LogP contribution is -2.47. The third-order valence-electron chi connectivity index (χ3n) is 5.26. The Morgan fingerprint density at radius 3 is 2.10 bits per heavy atom. The monoisotopic (exact) mass is 410 g/mol. The van der Waals surface area contributed by atoms with Gasteiger partial charge in [0.2, 0.25) is 0 Å². The molecule has 30 heavy (non-hydrogen) atoms. The number of ether oxygens (including phenoxy) is 2. The molecule has 0 aliphatic carbocycles. The molecule has 0 saturated carbocycles. The van der Waals surface area contributed by atoms with E-state index in [1.54, 1.807) is 31.4 Å². The average Bonchev–Trinajstić information content (AvgIpc) is 2.98. The second kappa shape index (κ2) is 7.91. The van der Waals surface area contributed by atoms with Gasteiger partial charge in [-0.3, -0.25) is 9.59 Å². The predicted octanol–water partition coefficient (Wildman–Crippen LogP) is 3.23. The van der Waals surface area contributed by atoms with Crippen LogP contribution in [0.5, 0.6) is 5.75 Å². The summed E-state index contributed by atoms with van der Waals surface area (Å²) in [6.07, 6.45) is -0.165. The quantitative estimate of drug-likeness (QED) is 0.725. The van der Waals surface area contributed by atoms with E-state index in [2.05, 4.69) is 0 Å². The molecule has 0 bridgehead atoms. The van der Waals surface area contributed by atoms with Crippen molar-refractivity contribution >= 4 is 23.1 Å². The van der Waals surface area contributed by atoms with Crippen LogP contribution in [0.3, 0.4) is 0 Å². The van der Waals surface area contributed by atoms with Crippen LogP contribution in [0.4, 0.5) is 10.1 Å². The molecule has 0 radical (unpaired) electrons. The molecule has 2 amide bonds. The summed E-state index contributed by atoms with van der Waals surface area (Å²) in [7, 11) is 1.57. The molecule has 6 nitrogen and oxygen atoms in total. The summed E-state index contributed by atoms with van der Waals surface area (Å²) < 4.78 is 24.4. The Bertz CT molecular complexity index is 991. The van der Waals surface area contributed by atoms with Crippen LogP contribution in [-0.2, 0) is 14.3 Å². The van der Waals surface area contributed by atoms with E-state index in [0.29, 0.717) is 41.4 Å². The highest BCUT2D eigenvalue weighted by molar-refractivity contribution is 6.45. The molecule has 1 fully saturated rings. The van der Waals surface area contributed by atoms with Crippen molar-refractivity contribution in [3.8, 4) is 5.75 Å². The van der Waals surface area contributed by atoms with Crippen LogP contribution in [-0.4, -0.2) is 49.1 Å². The largest absolute Gasteiger partial charge is 0.497 e. The van der Waals surface area contributed by atoms with Crippen LogP contribution in [0.2, 0.25) is 0 Å². The summed E-state index contributed by atoms with van der Waals surface area (Å²) in [6.45, 7) is 4.87. The summed E-state index contributed by atoms with van der Waals surface area (Å²) in [5.74, 6) is -0.629. The van der Waals surface area contributed by atoms with Gasteiger partial charge >= 0.3 is 0 Å². The standard InChI is InChI=1S/C23H23FN2O4/c1-14-12-25(13-15(2)30-14)21-20(16-4-10-19(29-3)11-5-16)22(27)26(23(21)28)18-8-6-17(24)7-9-18/h4-11,14-15H,12-13H2,1-3H3. The van der Waals surface area contributed by atoms with E-state index < -0.39 is 17.6 Å². The van der Waals surface area contributed by atoms with E-state index in [-0.39, 0.29) is 12.2 Å². The highest BCUT2D eigenvalue weighted by atomic mass is 19.1. The van der Waals surface area contributed by atoms with E-state index >= 15 is 0 Å². The fraction of sp³-hybridized carbons (Fsp3) is 0.304. The second-order valence-electron chi connectivity index (χ2n) is 7.54. The highest BCUT2D eigenvalue weighted by Gasteiger charge is 2.43. The Hall–Kier alpha value is -3.19. The van der Waals surface area contributed by atoms with Gasteiger partial charge in [-0.2, -0.15) is 0 Å². The van der Waals surface area contributed by atoms with Crippen LogP contribution < -0.4 is 9.64 Å². The number of amides is 2. The summed E-state index contributed by atoms with van der Waals surface area (Å²) >= 11 is 0. The minimum absolute atomic E-state index is 0.0823. The van der Waals surface area contributed by atoms with E-state index in [1.807, 2.05) is 18.7 Å². The number of hydrogen-bond acceptors (Lipinski definition) is 5. The summed E-state index contributed by atoms with van der Waals surface area (Å²) in [5.41, 5.74) is 1.63. The van der Waals surface area contributed by atoms with Crippen molar-refractivity contribution in [2.24, 2.45) is 0 Å². The average molecular weight is 410 g/mol. The number of nitrogens with zero attached hydrogens (tertiary/aromatic N) is 2. The SMILES string of the molecule is COc1ccc(C2=C(N3CC(C)OC(C)C3)C(=O)N(c3ccc(F)cc3)C2=O)cc1. The summed E-state index contributed by atoms with van der Waals surface area (Å²) in [5, 5.41) is 0. The highest BCUT2D eigenvalue weighted by Crippen LogP contribution is 2.36. The molecule has 0 N–H and O–H groups in total. The van der Waals surface area contributed by atoms with Crippen molar-refractivity contribution in [2.45, 2.75) is 26.1 Å². The number of anilines is 1. The fourth-order valence-corrected chi connectivity index (χ4v) is 4.01. The zero-order valence-electron chi connectivity index (χ0n) is 17.1. The Kier molecular flexibility index (Phi) is 5.30. The minimum atomic E-state index is -0.433. The van der Waals surface area contributed by atoms with Crippen molar-refractivity contribution in [3.05, 3.63) is 65.6 Å². The third-order valence-corrected chi connectivity index (χ3v) is 5.26. The number of morpholine rings is 1. The first-order valence-electron chi connectivity index (χ1n) is 9.82. The first-order chi connectivity index (χ1) is 14.4. The summed E-state index contributed by atoms with van der Waals surface area (Å²) in [4.78, 5) is 29.9. The van der Waals surface area contributed by atoms with Gasteiger partial charge in [-0.1, -0.05) is 12.1 Å². The van der Waals surface area contributed by atoms with E-state index in [1.165, 1.54) is 24.3 Å². The minimum Gasteiger partial charge on any atom is -0.497 e. The van der Waals surface area contributed by atoms with Gasteiger partial charge in [0.1, 0.15) is 17.3 Å². The fourth-order valence-electron chi connectivity index (χ4n) is 4.01. The molecule has 1 saturated heterocycles. The van der Waals surface area contributed by atoms with Crippen LogP contribution in [0, 0.1) is 5.82 Å². The molecule has 156 valence electrons. The van der Waals surface area contributed by atoms with Crippen molar-refractivity contribution in [3.63, 3.8) is 0 Å². The number of methoxy groups -OCH3 is 1. The molecule has 2 aliphatic heterocycles. The number of halogens is 1. The molecule has 2 aromatic carbocycles. The Morgan fingerprint density at radius 2 is 1.53 bits per heavy atom. The number of benzene rings is 2. The molecular weight excluding hydrogens is 387 g/mol. The van der Waals surface area contributed by atoms with Crippen LogP contribution in [0.25, 0.3) is 5.57 Å². The zero-order valence-corrected chi connectivity index (χ0v) is 17.1. The Balaban J connectivity index is 1.81. The van der Waals surface area contributed by atoms with Gasteiger partial charge in [0.15, 0.2) is 0 Å². The lowest BCUT2D eigenvalue weighted by molar-refractivity contribution is -0.121. The number of hydrogen-bond donors (Lipinski definition) is 0. The Morgan fingerprint density at radius 1 is 0.933 bits per heavy atom. The van der Waals surface area contributed by atoms with Crippen LogP contribution >= 0.6 is 0 Å². The van der Waals surface area contributed by atoms with Crippen molar-refractivity contribution in [2.75, 3.05) is 25.1 Å². The molecule has 0 spiro atoms. The molecular formula is C23H23FN2O4. The van der Waals surface area contributed by atoms with Gasteiger partial charge in [-0.25, -0.2) is 9.29 Å². The van der Waals surface area contributed by atoms with Crippen LogP contribution in [0.15, 0.2) is 54.2 Å². The first-order valence-corrected chi connectivity index (χ1v) is 9.82. The molecule has 0 aromatic heterocycles. The van der Waals surface area contributed by atoms with Crippen molar-refractivity contribution in [1.29, 1.82) is 0 Å². The number of carbonyl (C=O) groups excluding carboxylic acids is 2. The molecule has 4 rings (SSSR count). The smallest absolute Gasteiger partial charge is 0.282 e. The predicted molar refractivity (Wildman–Crippen MR) is 110 cm³/mol. The third kappa shape index (κ3) is 3.57. The van der Waals surface area contributed by atoms with Gasteiger partial charge in [0, 0.05) is 13.1 Å². The van der Waals surface area contributed by atoms with Gasteiger partial charge < -0.3 is 14.4 Å². The lowest BCUT2D eigenvalue weighted by atomic mass is 10.0.